The number of hydrogen-bond donors (Lipinski definition) is 1. The smallest absolute Gasteiger partial charge is 0.0170 e. The van der Waals surface area contributed by atoms with Crippen LogP contribution in [0.1, 0.15) is 18.7 Å². The fraction of sp³-hybridized carbons (Fsp3) is 0.556. The van der Waals surface area contributed by atoms with Crippen LogP contribution in [-0.4, -0.2) is 12.6 Å². The van der Waals surface area contributed by atoms with E-state index in [1.165, 1.54) is 4.88 Å². The van der Waals surface area contributed by atoms with E-state index in [-0.39, 0.29) is 5.54 Å². The van der Waals surface area contributed by atoms with Crippen LogP contribution in [-0.2, 0) is 6.42 Å². The second-order valence-electron chi connectivity index (χ2n) is 3.39. The van der Waals surface area contributed by atoms with Crippen LogP contribution in [0.2, 0.25) is 0 Å². The highest BCUT2D eigenvalue weighted by Crippen LogP contribution is 2.16. The summed E-state index contributed by atoms with van der Waals surface area (Å²) < 4.78 is 0. The quantitative estimate of drug-likeness (QED) is 0.732. The summed E-state index contributed by atoms with van der Waals surface area (Å²) >= 11 is 1.83. The molecule has 11 heavy (non-hydrogen) atoms. The molecule has 0 aromatic carbocycles. The molecule has 0 bridgehead atoms. The van der Waals surface area contributed by atoms with Gasteiger partial charge in [0.1, 0.15) is 0 Å². The minimum Gasteiger partial charge on any atom is -0.314 e. The SMILES string of the molecule is CNC(C)(C)Cc1cccs1. The van der Waals surface area contributed by atoms with Crippen molar-refractivity contribution in [1.29, 1.82) is 0 Å². The molecule has 0 fully saturated rings. The molecule has 1 aromatic heterocycles. The van der Waals surface area contributed by atoms with Crippen molar-refractivity contribution in [3.8, 4) is 0 Å². The summed E-state index contributed by atoms with van der Waals surface area (Å²) in [7, 11) is 2.01. The molecule has 0 aliphatic carbocycles. The van der Waals surface area contributed by atoms with E-state index in [4.69, 9.17) is 0 Å². The van der Waals surface area contributed by atoms with E-state index in [1.807, 2.05) is 18.4 Å². The van der Waals surface area contributed by atoms with Gasteiger partial charge in [0.15, 0.2) is 0 Å². The fourth-order valence-electron chi connectivity index (χ4n) is 0.937. The van der Waals surface area contributed by atoms with Gasteiger partial charge in [-0.2, -0.15) is 0 Å². The van der Waals surface area contributed by atoms with Crippen molar-refractivity contribution in [3.63, 3.8) is 0 Å². The third-order valence-electron chi connectivity index (χ3n) is 1.87. The molecule has 0 saturated heterocycles. The Hall–Kier alpha value is -0.340. The van der Waals surface area contributed by atoms with E-state index in [1.54, 1.807) is 0 Å². The number of thiophene rings is 1. The molecule has 1 aromatic rings. The summed E-state index contributed by atoms with van der Waals surface area (Å²) in [6.45, 7) is 4.43. The average molecular weight is 169 g/mol. The third-order valence-corrected chi connectivity index (χ3v) is 2.75. The lowest BCUT2D eigenvalue weighted by Gasteiger charge is -2.22. The number of nitrogens with one attached hydrogen (secondary N) is 1. The van der Waals surface area contributed by atoms with Crippen molar-refractivity contribution in [2.45, 2.75) is 25.8 Å². The molecule has 1 rings (SSSR count). The fourth-order valence-corrected chi connectivity index (χ4v) is 1.87. The van der Waals surface area contributed by atoms with Crippen molar-refractivity contribution in [1.82, 2.24) is 5.32 Å². The summed E-state index contributed by atoms with van der Waals surface area (Å²) in [6.07, 6.45) is 1.11. The second kappa shape index (κ2) is 3.37. The molecule has 1 N–H and O–H groups in total. The lowest BCUT2D eigenvalue weighted by Crippen LogP contribution is -2.38. The summed E-state index contributed by atoms with van der Waals surface area (Å²) in [5.41, 5.74) is 0.227. The van der Waals surface area contributed by atoms with Gasteiger partial charge in [0.25, 0.3) is 0 Å². The molecule has 0 atom stereocenters. The van der Waals surface area contributed by atoms with Gasteiger partial charge >= 0.3 is 0 Å². The zero-order valence-electron chi connectivity index (χ0n) is 7.35. The Morgan fingerprint density at radius 2 is 2.27 bits per heavy atom. The molecule has 1 heterocycles. The topological polar surface area (TPSA) is 12.0 Å². The highest BCUT2D eigenvalue weighted by atomic mass is 32.1. The number of rotatable bonds is 3. The van der Waals surface area contributed by atoms with Crippen molar-refractivity contribution in [2.24, 2.45) is 0 Å². The Bertz CT molecular complexity index is 201. The lowest BCUT2D eigenvalue weighted by molar-refractivity contribution is 0.425. The van der Waals surface area contributed by atoms with Gasteiger partial charge in [-0.15, -0.1) is 11.3 Å². The minimum absolute atomic E-state index is 0.227. The standard InChI is InChI=1S/C9H15NS/c1-9(2,10-3)7-8-5-4-6-11-8/h4-6,10H,7H2,1-3H3. The Morgan fingerprint density at radius 3 is 2.73 bits per heavy atom. The molecule has 62 valence electrons. The maximum absolute atomic E-state index is 3.29. The zero-order valence-corrected chi connectivity index (χ0v) is 8.16. The first-order valence-electron chi connectivity index (χ1n) is 3.85. The number of hydrogen-bond acceptors (Lipinski definition) is 2. The Labute approximate surface area is 72.4 Å². The predicted molar refractivity (Wildman–Crippen MR) is 51.2 cm³/mol. The Kier molecular flexibility index (Phi) is 2.68. The highest BCUT2D eigenvalue weighted by Gasteiger charge is 2.15. The Morgan fingerprint density at radius 1 is 1.55 bits per heavy atom. The molecule has 0 amide bonds. The van der Waals surface area contributed by atoms with Gasteiger partial charge in [0.2, 0.25) is 0 Å². The Balaban J connectivity index is 2.56. The van der Waals surface area contributed by atoms with Crippen LogP contribution in [0.25, 0.3) is 0 Å². The lowest BCUT2D eigenvalue weighted by atomic mass is 10.0. The summed E-state index contributed by atoms with van der Waals surface area (Å²) in [5.74, 6) is 0. The van der Waals surface area contributed by atoms with Crippen molar-refractivity contribution in [2.75, 3.05) is 7.05 Å². The van der Waals surface area contributed by atoms with Gasteiger partial charge < -0.3 is 5.32 Å². The molecular formula is C9H15NS. The molecular weight excluding hydrogens is 154 g/mol. The molecule has 0 saturated carbocycles. The maximum Gasteiger partial charge on any atom is 0.0170 e. The van der Waals surface area contributed by atoms with E-state index in [0.717, 1.165) is 6.42 Å². The van der Waals surface area contributed by atoms with Crippen molar-refractivity contribution < 1.29 is 0 Å². The van der Waals surface area contributed by atoms with Crippen LogP contribution in [0.3, 0.4) is 0 Å². The van der Waals surface area contributed by atoms with E-state index < -0.39 is 0 Å². The van der Waals surface area contributed by atoms with E-state index in [0.29, 0.717) is 0 Å². The summed E-state index contributed by atoms with van der Waals surface area (Å²) in [4.78, 5) is 1.45. The first-order chi connectivity index (χ1) is 5.14. The van der Waals surface area contributed by atoms with E-state index in [9.17, 15) is 0 Å². The van der Waals surface area contributed by atoms with Crippen LogP contribution in [0.5, 0.6) is 0 Å². The first kappa shape index (κ1) is 8.75. The first-order valence-corrected chi connectivity index (χ1v) is 4.73. The molecule has 0 aliphatic heterocycles. The van der Waals surface area contributed by atoms with E-state index >= 15 is 0 Å². The van der Waals surface area contributed by atoms with Gasteiger partial charge in [-0.25, -0.2) is 0 Å². The molecule has 0 spiro atoms. The monoisotopic (exact) mass is 169 g/mol. The van der Waals surface area contributed by atoms with Crippen LogP contribution in [0, 0.1) is 0 Å². The van der Waals surface area contributed by atoms with Crippen LogP contribution >= 0.6 is 11.3 Å². The zero-order chi connectivity index (χ0) is 8.32. The van der Waals surface area contributed by atoms with Gasteiger partial charge in [0, 0.05) is 10.4 Å². The molecule has 0 unspecified atom stereocenters. The van der Waals surface area contributed by atoms with Gasteiger partial charge in [-0.1, -0.05) is 6.07 Å². The summed E-state index contributed by atoms with van der Waals surface area (Å²) in [6, 6.07) is 4.29. The van der Waals surface area contributed by atoms with Gasteiger partial charge in [-0.3, -0.25) is 0 Å². The predicted octanol–water partition coefficient (Wildman–Crippen LogP) is 2.29. The minimum atomic E-state index is 0.227. The molecule has 0 radical (unpaired) electrons. The van der Waals surface area contributed by atoms with Crippen LogP contribution in [0.15, 0.2) is 17.5 Å². The van der Waals surface area contributed by atoms with Gasteiger partial charge in [0.05, 0.1) is 0 Å². The second-order valence-corrected chi connectivity index (χ2v) is 4.42. The van der Waals surface area contributed by atoms with Gasteiger partial charge in [-0.05, 0) is 38.8 Å². The van der Waals surface area contributed by atoms with E-state index in [2.05, 4.69) is 36.7 Å². The number of likely N-dealkylation sites (N-methyl/N-ethyl adjacent to an activating group) is 1. The van der Waals surface area contributed by atoms with Crippen molar-refractivity contribution >= 4 is 11.3 Å². The normalized spacial score (nSPS) is 11.9. The molecule has 0 aliphatic rings. The molecule has 1 nitrogen and oxygen atoms in total. The summed E-state index contributed by atoms with van der Waals surface area (Å²) in [5, 5.41) is 5.41. The molecule has 2 heteroatoms. The third kappa shape index (κ3) is 2.64. The largest absolute Gasteiger partial charge is 0.314 e. The maximum atomic E-state index is 3.29. The van der Waals surface area contributed by atoms with Crippen LogP contribution < -0.4 is 5.32 Å². The van der Waals surface area contributed by atoms with Crippen molar-refractivity contribution in [3.05, 3.63) is 22.4 Å². The van der Waals surface area contributed by atoms with Crippen LogP contribution in [0.4, 0.5) is 0 Å². The highest BCUT2D eigenvalue weighted by molar-refractivity contribution is 7.09. The average Bonchev–Trinajstić information content (AvgIpc) is 2.39.